The number of hydrogen-bond acceptors (Lipinski definition) is 2. The number of amides is 1. The Balaban J connectivity index is 2.03. The van der Waals surface area contributed by atoms with Gasteiger partial charge in [-0.15, -0.1) is 0 Å². The molecule has 1 atom stereocenters. The zero-order valence-corrected chi connectivity index (χ0v) is 11.4. The summed E-state index contributed by atoms with van der Waals surface area (Å²) in [6, 6.07) is 6.67. The van der Waals surface area contributed by atoms with Crippen molar-refractivity contribution in [1.29, 1.82) is 0 Å². The lowest BCUT2D eigenvalue weighted by Gasteiger charge is -2.43. The van der Waals surface area contributed by atoms with E-state index in [1.165, 1.54) is 11.1 Å². The maximum atomic E-state index is 12.0. The van der Waals surface area contributed by atoms with E-state index in [2.05, 4.69) is 39.0 Å². The van der Waals surface area contributed by atoms with Crippen LogP contribution in [0.15, 0.2) is 22.7 Å². The Kier molecular flexibility index (Phi) is 2.71. The number of fused-ring (bicyclic) bond motifs is 3. The third kappa shape index (κ3) is 1.89. The highest BCUT2D eigenvalue weighted by Crippen LogP contribution is 2.34. The molecule has 0 aliphatic carbocycles. The highest BCUT2D eigenvalue weighted by Gasteiger charge is 2.35. The topological polar surface area (TPSA) is 23.6 Å². The molecule has 1 fully saturated rings. The zero-order valence-electron chi connectivity index (χ0n) is 9.82. The predicted molar refractivity (Wildman–Crippen MR) is 69.8 cm³/mol. The van der Waals surface area contributed by atoms with Crippen LogP contribution in [0.1, 0.15) is 17.2 Å². The fourth-order valence-electron chi connectivity index (χ4n) is 2.85. The van der Waals surface area contributed by atoms with Gasteiger partial charge in [-0.05, 0) is 36.7 Å². The first-order valence-electron chi connectivity index (χ1n) is 5.91. The predicted octanol–water partition coefficient (Wildman–Crippen LogP) is 1.82. The van der Waals surface area contributed by atoms with Crippen LogP contribution < -0.4 is 0 Å². The summed E-state index contributed by atoms with van der Waals surface area (Å²) in [7, 11) is 2.02. The van der Waals surface area contributed by atoms with Gasteiger partial charge in [-0.2, -0.15) is 0 Å². The van der Waals surface area contributed by atoms with Gasteiger partial charge < -0.3 is 4.90 Å². The van der Waals surface area contributed by atoms with Crippen LogP contribution in [0.4, 0.5) is 0 Å². The Morgan fingerprint density at radius 2 is 2.24 bits per heavy atom. The number of hydrogen-bond donors (Lipinski definition) is 0. The van der Waals surface area contributed by atoms with Crippen molar-refractivity contribution in [3.8, 4) is 0 Å². The van der Waals surface area contributed by atoms with Crippen LogP contribution in [-0.2, 0) is 11.2 Å². The van der Waals surface area contributed by atoms with Gasteiger partial charge in [-0.3, -0.25) is 9.69 Å². The van der Waals surface area contributed by atoms with Gasteiger partial charge in [-0.25, -0.2) is 0 Å². The molecule has 17 heavy (non-hydrogen) atoms. The molecule has 3 nitrogen and oxygen atoms in total. The molecule has 2 aliphatic rings. The van der Waals surface area contributed by atoms with Crippen molar-refractivity contribution in [2.75, 3.05) is 26.7 Å². The second-order valence-electron chi connectivity index (χ2n) is 4.89. The molecule has 4 heteroatoms. The van der Waals surface area contributed by atoms with Crippen molar-refractivity contribution in [2.24, 2.45) is 0 Å². The summed E-state index contributed by atoms with van der Waals surface area (Å²) in [5, 5.41) is 0. The van der Waals surface area contributed by atoms with Crippen LogP contribution in [-0.4, -0.2) is 42.4 Å². The molecule has 0 aromatic heterocycles. The minimum Gasteiger partial charge on any atom is -0.333 e. The summed E-state index contributed by atoms with van der Waals surface area (Å²) in [4.78, 5) is 16.2. The number of nitrogens with zero attached hydrogens (tertiary/aromatic N) is 2. The van der Waals surface area contributed by atoms with Crippen LogP contribution in [0.25, 0.3) is 0 Å². The van der Waals surface area contributed by atoms with Crippen molar-refractivity contribution >= 4 is 21.8 Å². The van der Waals surface area contributed by atoms with Crippen molar-refractivity contribution in [3.05, 3.63) is 33.8 Å². The lowest BCUT2D eigenvalue weighted by molar-refractivity contribution is -0.139. The molecule has 2 aliphatic heterocycles. The van der Waals surface area contributed by atoms with Crippen LogP contribution in [0.3, 0.4) is 0 Å². The van der Waals surface area contributed by atoms with Crippen molar-refractivity contribution in [1.82, 2.24) is 9.80 Å². The van der Waals surface area contributed by atoms with Crippen molar-refractivity contribution in [2.45, 2.75) is 12.5 Å². The normalized spacial score (nSPS) is 24.5. The quantitative estimate of drug-likeness (QED) is 0.729. The van der Waals surface area contributed by atoms with Crippen LogP contribution >= 0.6 is 15.9 Å². The van der Waals surface area contributed by atoms with Crippen LogP contribution in [0, 0.1) is 0 Å². The molecule has 1 aromatic carbocycles. The number of piperazine rings is 1. The Hall–Kier alpha value is -0.870. The van der Waals surface area contributed by atoms with E-state index in [0.29, 0.717) is 6.54 Å². The Labute approximate surface area is 110 Å². The molecule has 3 rings (SSSR count). The number of halogens is 1. The number of carbonyl (C=O) groups excluding carboxylic acids is 1. The van der Waals surface area contributed by atoms with Gasteiger partial charge in [0, 0.05) is 17.6 Å². The third-order valence-corrected chi connectivity index (χ3v) is 4.17. The maximum Gasteiger partial charge on any atom is 0.237 e. The van der Waals surface area contributed by atoms with Gasteiger partial charge in [0.05, 0.1) is 12.6 Å². The van der Waals surface area contributed by atoms with Gasteiger partial charge in [0.25, 0.3) is 0 Å². The fraction of sp³-hybridized carbons (Fsp3) is 0.462. The first-order valence-corrected chi connectivity index (χ1v) is 6.71. The Morgan fingerprint density at radius 1 is 1.41 bits per heavy atom. The minimum absolute atomic E-state index is 0.238. The average Bonchev–Trinajstić information content (AvgIpc) is 2.28. The monoisotopic (exact) mass is 294 g/mol. The summed E-state index contributed by atoms with van der Waals surface area (Å²) in [5.41, 5.74) is 2.70. The number of carbonyl (C=O) groups is 1. The van der Waals surface area contributed by atoms with E-state index in [9.17, 15) is 4.79 Å². The minimum atomic E-state index is 0.238. The molecule has 0 saturated carbocycles. The van der Waals surface area contributed by atoms with Gasteiger partial charge in [0.15, 0.2) is 0 Å². The summed E-state index contributed by atoms with van der Waals surface area (Å²) in [6.07, 6.45) is 0.981. The highest BCUT2D eigenvalue weighted by atomic mass is 79.9. The second-order valence-corrected chi connectivity index (χ2v) is 5.81. The summed E-state index contributed by atoms with van der Waals surface area (Å²) >= 11 is 3.52. The molecule has 0 radical (unpaired) electrons. The van der Waals surface area contributed by atoms with E-state index >= 15 is 0 Å². The van der Waals surface area contributed by atoms with Crippen LogP contribution in [0.2, 0.25) is 0 Å². The molecule has 1 amide bonds. The van der Waals surface area contributed by atoms with E-state index < -0.39 is 0 Å². The number of benzene rings is 1. The van der Waals surface area contributed by atoms with E-state index in [1.54, 1.807) is 0 Å². The highest BCUT2D eigenvalue weighted by molar-refractivity contribution is 9.10. The molecule has 1 unspecified atom stereocenters. The van der Waals surface area contributed by atoms with Gasteiger partial charge >= 0.3 is 0 Å². The van der Waals surface area contributed by atoms with E-state index in [4.69, 9.17) is 0 Å². The van der Waals surface area contributed by atoms with Crippen molar-refractivity contribution in [3.63, 3.8) is 0 Å². The SMILES string of the molecule is CN1CC(=O)N2CCc3ccc(Br)cc3C2C1. The zero-order chi connectivity index (χ0) is 12.0. The van der Waals surface area contributed by atoms with Gasteiger partial charge in [0.1, 0.15) is 0 Å². The van der Waals surface area contributed by atoms with Gasteiger partial charge in [-0.1, -0.05) is 22.0 Å². The maximum absolute atomic E-state index is 12.0. The summed E-state index contributed by atoms with van der Waals surface area (Å²) < 4.78 is 1.10. The van der Waals surface area contributed by atoms with Gasteiger partial charge in [0.2, 0.25) is 5.91 Å². The summed E-state index contributed by atoms with van der Waals surface area (Å²) in [6.45, 7) is 2.36. The lowest BCUT2D eigenvalue weighted by Crippen LogP contribution is -2.53. The molecule has 0 bridgehead atoms. The van der Waals surface area contributed by atoms with Crippen molar-refractivity contribution < 1.29 is 4.79 Å². The molecule has 90 valence electrons. The molecular weight excluding hydrogens is 280 g/mol. The molecule has 0 spiro atoms. The van der Waals surface area contributed by atoms with E-state index in [0.717, 1.165) is 24.0 Å². The number of likely N-dealkylation sites (N-methyl/N-ethyl adjacent to an activating group) is 1. The largest absolute Gasteiger partial charge is 0.333 e. The Morgan fingerprint density at radius 3 is 3.06 bits per heavy atom. The first kappa shape index (κ1) is 11.2. The molecular formula is C13H15BrN2O. The van der Waals surface area contributed by atoms with E-state index in [1.807, 2.05) is 11.9 Å². The second kappa shape index (κ2) is 4.10. The van der Waals surface area contributed by atoms with E-state index in [-0.39, 0.29) is 11.9 Å². The van der Waals surface area contributed by atoms with Crippen LogP contribution in [0.5, 0.6) is 0 Å². The summed E-state index contributed by atoms with van der Waals surface area (Å²) in [5.74, 6) is 0.259. The first-order chi connectivity index (χ1) is 8.15. The third-order valence-electron chi connectivity index (χ3n) is 3.68. The standard InChI is InChI=1S/C13H15BrN2O/c1-15-7-12-11-6-10(14)3-2-9(11)4-5-16(12)13(17)8-15/h2-3,6,12H,4-5,7-8H2,1H3. The average molecular weight is 295 g/mol. The molecule has 1 saturated heterocycles. The molecule has 1 aromatic rings. The fourth-order valence-corrected chi connectivity index (χ4v) is 3.22. The molecule has 0 N–H and O–H groups in total. The molecule has 2 heterocycles. The number of rotatable bonds is 0. The lowest BCUT2D eigenvalue weighted by atomic mass is 9.91. The Bertz CT molecular complexity index is 474. The smallest absolute Gasteiger partial charge is 0.237 e.